The summed E-state index contributed by atoms with van der Waals surface area (Å²) in [7, 11) is 0. The fourth-order valence-electron chi connectivity index (χ4n) is 20.7. The molecule has 10 aromatic rings. The Hall–Kier alpha value is -10.5. The minimum Gasteiger partial charge on any atom is -0.406 e. The van der Waals surface area contributed by atoms with Gasteiger partial charge in [0.15, 0.2) is 0 Å². The molecule has 0 atom stereocenters. The first-order valence-corrected chi connectivity index (χ1v) is 49.3. The molecule has 0 N–H and O–H groups in total. The van der Waals surface area contributed by atoms with Gasteiger partial charge in [-0.05, 0) is 363 Å². The molecule has 10 aromatic carbocycles. The van der Waals surface area contributed by atoms with Crippen LogP contribution in [0.5, 0.6) is 11.5 Å². The van der Waals surface area contributed by atoms with Crippen LogP contribution in [-0.4, -0.2) is 12.7 Å². The lowest BCUT2D eigenvalue weighted by Gasteiger charge is -2.29. The van der Waals surface area contributed by atoms with Gasteiger partial charge in [-0.1, -0.05) is 251 Å². The molecule has 0 heterocycles. The molecule has 5 nitrogen and oxygen atoms in total. The summed E-state index contributed by atoms with van der Waals surface area (Å²) in [5, 5.41) is 26.5. The van der Waals surface area contributed by atoms with E-state index in [0.717, 1.165) is 94.2 Å². The molecule has 0 amide bonds. The molecule has 5 aliphatic rings. The third kappa shape index (κ3) is 33.5. The lowest BCUT2D eigenvalue weighted by atomic mass is 9.77. The SMILES string of the molecule is CCC1CCC(c2ccc(Cc3ccc(OC(F)(F)F)cc3)c(F)c2)CC1.CCCC1CCC(c2ccc(Cc3ccc(C#N)c(F)c3)cc2)CC1.CCCC1CCC(c2ccc(Cc3ccc(OC(F)(F)F)cc3)c(F)c2)CC1.CCCCC1CCC(c2ccc(Cc3ccc(C#N)c(F)c3)cc2)CC1.CCCCCC1CCC(c2ccc(Cc3ccc(C#N)c(F)c3)cc2)CC1. The number of hydrogen-bond donors (Lipinski definition) is 0. The van der Waals surface area contributed by atoms with Gasteiger partial charge in [-0.25, -0.2) is 22.0 Å². The molecule has 0 bridgehead atoms. The van der Waals surface area contributed by atoms with Crippen LogP contribution in [0.4, 0.5) is 48.3 Å². The second-order valence-corrected chi connectivity index (χ2v) is 38.2. The van der Waals surface area contributed by atoms with Gasteiger partial charge in [0.25, 0.3) is 0 Å². The number of halogens is 11. The first-order chi connectivity index (χ1) is 64.2. The van der Waals surface area contributed by atoms with Gasteiger partial charge < -0.3 is 9.47 Å². The number of unbranched alkanes of at least 4 members (excludes halogenated alkanes) is 3. The molecule has 5 fully saturated rings. The van der Waals surface area contributed by atoms with Crippen LogP contribution in [-0.2, 0) is 32.1 Å². The van der Waals surface area contributed by atoms with Crippen LogP contribution < -0.4 is 9.47 Å². The summed E-state index contributed by atoms with van der Waals surface area (Å²) in [6.07, 6.45) is 34.8. The van der Waals surface area contributed by atoms with Crippen LogP contribution in [0, 0.1) is 92.7 Å². The van der Waals surface area contributed by atoms with Crippen LogP contribution >= 0.6 is 0 Å². The van der Waals surface area contributed by atoms with Gasteiger partial charge in [0, 0.05) is 12.8 Å². The Labute approximate surface area is 784 Å². The fourth-order valence-corrected chi connectivity index (χ4v) is 20.7. The Balaban J connectivity index is 0.000000160. The van der Waals surface area contributed by atoms with Gasteiger partial charge in [0.05, 0.1) is 16.7 Å². The zero-order valence-corrected chi connectivity index (χ0v) is 78.5. The van der Waals surface area contributed by atoms with Crippen LogP contribution in [0.3, 0.4) is 0 Å². The smallest absolute Gasteiger partial charge is 0.406 e. The summed E-state index contributed by atoms with van der Waals surface area (Å²) >= 11 is 0. The standard InChI is InChI=1S/C25H30FN.C24H28FN.C23H26F4O.C23H26FN.C22H24F4O/c1-2-3-4-5-19-6-11-22(12-7-19)23-13-8-20(9-14-23)16-21-10-15-24(18-27)25(26)17-21;1-2-3-4-18-5-10-21(11-6-18)22-12-7-19(8-13-22)15-20-9-14-23(17-26)24(25)16-20;1-2-3-16-4-8-18(9-5-16)19-10-11-20(22(24)15-19)14-17-6-12-21(13-7-17)28-23(25,26)27;1-2-3-17-4-9-20(10-5-17)21-11-6-18(7-12-21)14-19-8-13-22(16-25)23(24)15-19;1-2-15-3-7-17(8-4-15)18-9-10-19(21(23)14-18)13-16-5-11-20(12-6-16)27-22(24,25)26/h8-10,13-15,17,19,22H,2-7,11-12,16H2,1H3;7-9,12-14,16,18,21H,2-6,10-11,15H2,1H3;6-7,10-13,15-16,18H,2-5,8-9,14H2,1H3;6-8,11-13,15,17,20H,2-5,9-10,14H2,1H3;5-6,9-12,14-15,17H,2-4,7-8,13H2,1H3. The number of nitriles is 3. The van der Waals surface area contributed by atoms with E-state index in [1.165, 1.54) is 280 Å². The molecule has 16 heteroatoms. The summed E-state index contributed by atoms with van der Waals surface area (Å²) < 4.78 is 151. The summed E-state index contributed by atoms with van der Waals surface area (Å²) in [5.41, 5.74) is 15.7. The number of benzene rings is 10. The maximum atomic E-state index is 14.6. The van der Waals surface area contributed by atoms with Gasteiger partial charge in [-0.3, -0.25) is 0 Å². The normalized spacial score (nSPS) is 20.1. The lowest BCUT2D eigenvalue weighted by Crippen LogP contribution is -2.17. The highest BCUT2D eigenvalue weighted by atomic mass is 19.4. The number of hydrogen-bond acceptors (Lipinski definition) is 5. The minimum absolute atomic E-state index is 0.109. The first kappa shape index (κ1) is 103. The number of nitrogens with zero attached hydrogens (tertiary/aromatic N) is 3. The highest BCUT2D eigenvalue weighted by Gasteiger charge is 2.33. The van der Waals surface area contributed by atoms with Gasteiger partial charge in [0.1, 0.15) is 58.8 Å². The van der Waals surface area contributed by atoms with E-state index in [1.807, 2.05) is 54.6 Å². The van der Waals surface area contributed by atoms with Crippen LogP contribution in [0.1, 0.15) is 370 Å². The Morgan fingerprint density at radius 1 is 0.256 bits per heavy atom. The van der Waals surface area contributed by atoms with Crippen molar-refractivity contribution in [1.29, 1.82) is 15.8 Å². The molecule has 0 spiro atoms. The van der Waals surface area contributed by atoms with E-state index in [9.17, 15) is 48.3 Å². The van der Waals surface area contributed by atoms with Gasteiger partial charge in [-0.2, -0.15) is 15.8 Å². The summed E-state index contributed by atoms with van der Waals surface area (Å²) in [5.74, 6) is 5.07. The van der Waals surface area contributed by atoms with Gasteiger partial charge >= 0.3 is 12.7 Å². The van der Waals surface area contributed by atoms with Gasteiger partial charge in [-0.15, -0.1) is 26.3 Å². The average molecular weight is 1820 g/mol. The quantitative estimate of drug-likeness (QED) is 0.0344. The predicted octanol–water partition coefficient (Wildman–Crippen LogP) is 34.6. The summed E-state index contributed by atoms with van der Waals surface area (Å²) in [6.45, 7) is 11.3. The highest BCUT2D eigenvalue weighted by Crippen LogP contribution is 2.44. The zero-order chi connectivity index (χ0) is 94.7. The Morgan fingerprint density at radius 2 is 0.511 bits per heavy atom. The van der Waals surface area contributed by atoms with Crippen molar-refractivity contribution >= 4 is 0 Å². The van der Waals surface area contributed by atoms with Crippen molar-refractivity contribution in [3.8, 4) is 29.7 Å². The number of rotatable bonds is 29. The van der Waals surface area contributed by atoms with E-state index in [-0.39, 0.29) is 39.8 Å². The average Bonchev–Trinajstić information content (AvgIpc) is 0.830. The fraction of sp³-hybridized carbons (Fsp3) is 0.462. The maximum Gasteiger partial charge on any atom is 0.573 e. The molecular formula is C117H134F11N3O2. The molecule has 15 rings (SSSR count). The van der Waals surface area contributed by atoms with Crippen molar-refractivity contribution in [1.82, 2.24) is 0 Å². The molecule has 0 radical (unpaired) electrons. The second kappa shape index (κ2) is 52.4. The molecule has 5 aliphatic carbocycles. The largest absolute Gasteiger partial charge is 0.573 e. The van der Waals surface area contributed by atoms with Crippen molar-refractivity contribution in [3.05, 3.63) is 342 Å². The van der Waals surface area contributed by atoms with Crippen LogP contribution in [0.2, 0.25) is 0 Å². The van der Waals surface area contributed by atoms with E-state index in [0.29, 0.717) is 72.8 Å². The van der Waals surface area contributed by atoms with Crippen molar-refractivity contribution in [2.75, 3.05) is 0 Å². The molecule has 0 unspecified atom stereocenters. The van der Waals surface area contributed by atoms with E-state index in [4.69, 9.17) is 15.8 Å². The Bertz CT molecular complexity index is 5300. The Kier molecular flexibility index (Phi) is 40.6. The third-order valence-electron chi connectivity index (χ3n) is 28.6. The summed E-state index contributed by atoms with van der Waals surface area (Å²) in [6, 6.07) is 68.9. The zero-order valence-electron chi connectivity index (χ0n) is 78.5. The molecule has 0 aromatic heterocycles. The molecule has 133 heavy (non-hydrogen) atoms. The van der Waals surface area contributed by atoms with E-state index in [1.54, 1.807) is 36.4 Å². The van der Waals surface area contributed by atoms with E-state index in [2.05, 4.69) is 117 Å². The topological polar surface area (TPSA) is 89.8 Å². The molecular weight excluding hydrogens is 1690 g/mol. The van der Waals surface area contributed by atoms with Crippen molar-refractivity contribution in [2.24, 2.45) is 29.6 Å². The highest BCUT2D eigenvalue weighted by molar-refractivity contribution is 5.42. The molecule has 0 aliphatic heterocycles. The van der Waals surface area contributed by atoms with Crippen molar-refractivity contribution in [3.63, 3.8) is 0 Å². The van der Waals surface area contributed by atoms with Crippen molar-refractivity contribution in [2.45, 2.75) is 315 Å². The van der Waals surface area contributed by atoms with E-state index < -0.39 is 30.2 Å². The lowest BCUT2D eigenvalue weighted by molar-refractivity contribution is -0.275. The van der Waals surface area contributed by atoms with E-state index >= 15 is 0 Å². The minimum atomic E-state index is -4.71. The Morgan fingerprint density at radius 3 is 0.774 bits per heavy atom. The number of alkyl halides is 6. The van der Waals surface area contributed by atoms with Crippen LogP contribution in [0.15, 0.2) is 212 Å². The van der Waals surface area contributed by atoms with Crippen molar-refractivity contribution < 1.29 is 57.8 Å². The monoisotopic (exact) mass is 1820 g/mol. The molecule has 706 valence electrons. The maximum absolute atomic E-state index is 14.6. The second-order valence-electron chi connectivity index (χ2n) is 38.2. The number of ether oxygens (including phenoxy) is 2. The molecule has 0 saturated heterocycles. The first-order valence-electron chi connectivity index (χ1n) is 49.3. The third-order valence-corrected chi connectivity index (χ3v) is 28.6. The molecule has 5 saturated carbocycles. The predicted molar refractivity (Wildman–Crippen MR) is 513 cm³/mol. The van der Waals surface area contributed by atoms with Crippen LogP contribution in [0.25, 0.3) is 0 Å². The van der Waals surface area contributed by atoms with Gasteiger partial charge in [0.2, 0.25) is 0 Å². The summed E-state index contributed by atoms with van der Waals surface area (Å²) in [4.78, 5) is 0.